The van der Waals surface area contributed by atoms with Gasteiger partial charge in [0.1, 0.15) is 11.6 Å². The molecule has 3 heterocycles. The van der Waals surface area contributed by atoms with Gasteiger partial charge in [0, 0.05) is 44.5 Å². The molecule has 7 nitrogen and oxygen atoms in total. The molecule has 28 heavy (non-hydrogen) atoms. The Morgan fingerprint density at radius 2 is 2.00 bits per heavy atom. The summed E-state index contributed by atoms with van der Waals surface area (Å²) >= 11 is 0. The molecule has 0 radical (unpaired) electrons. The first kappa shape index (κ1) is 18.3. The predicted molar refractivity (Wildman–Crippen MR) is 103 cm³/mol. The van der Waals surface area contributed by atoms with Gasteiger partial charge in [0.05, 0.1) is 17.3 Å². The van der Waals surface area contributed by atoms with Crippen molar-refractivity contribution >= 4 is 23.3 Å². The number of fused-ring (bicyclic) bond motifs is 1. The normalized spacial score (nSPS) is 18.8. The van der Waals surface area contributed by atoms with E-state index in [9.17, 15) is 14.0 Å². The third kappa shape index (κ3) is 3.42. The van der Waals surface area contributed by atoms with Gasteiger partial charge in [-0.25, -0.2) is 9.37 Å². The lowest BCUT2D eigenvalue weighted by atomic mass is 9.96. The molecule has 2 amide bonds. The third-order valence-electron chi connectivity index (χ3n) is 5.32. The summed E-state index contributed by atoms with van der Waals surface area (Å²) in [5.41, 5.74) is 2.87. The minimum absolute atomic E-state index is 0.0472. The molecule has 2 aromatic rings. The number of aryl methyl sites for hydroxylation is 2. The highest BCUT2D eigenvalue weighted by Crippen LogP contribution is 2.35. The second-order valence-electron chi connectivity index (χ2n) is 7.27. The smallest absolute Gasteiger partial charge is 0.232 e. The van der Waals surface area contributed by atoms with Crippen molar-refractivity contribution < 1.29 is 14.0 Å². The molecule has 1 aromatic heterocycles. The standard InChI is InChI=1S/C20H22FN5O2/c1-12-11-22-13(2)19(23-12)26-7-5-25(6-8-26)18(27)10-16-15-9-14(21)3-4-17(15)24-20(16)28/h3-4,9,11,16H,5-8,10H2,1-2H3,(H,24,28)/t16-/m1/s1. The topological polar surface area (TPSA) is 78.4 Å². The van der Waals surface area contributed by atoms with Crippen molar-refractivity contribution in [3.63, 3.8) is 0 Å². The quantitative estimate of drug-likeness (QED) is 0.877. The van der Waals surface area contributed by atoms with Crippen LogP contribution in [0.3, 0.4) is 0 Å². The minimum Gasteiger partial charge on any atom is -0.352 e. The highest BCUT2D eigenvalue weighted by atomic mass is 19.1. The highest BCUT2D eigenvalue weighted by molar-refractivity contribution is 6.04. The molecular weight excluding hydrogens is 361 g/mol. The van der Waals surface area contributed by atoms with Gasteiger partial charge in [-0.15, -0.1) is 0 Å². The summed E-state index contributed by atoms with van der Waals surface area (Å²) in [7, 11) is 0. The Balaban J connectivity index is 1.41. The van der Waals surface area contributed by atoms with Gasteiger partial charge in [-0.1, -0.05) is 0 Å². The van der Waals surface area contributed by atoms with Gasteiger partial charge < -0.3 is 15.1 Å². The Bertz CT molecular complexity index is 940. The number of rotatable bonds is 3. The van der Waals surface area contributed by atoms with Gasteiger partial charge in [0.2, 0.25) is 11.8 Å². The van der Waals surface area contributed by atoms with Crippen LogP contribution in [0.4, 0.5) is 15.9 Å². The van der Waals surface area contributed by atoms with E-state index in [0.717, 1.165) is 17.2 Å². The number of piperazine rings is 1. The van der Waals surface area contributed by atoms with Crippen LogP contribution in [0.15, 0.2) is 24.4 Å². The molecule has 8 heteroatoms. The van der Waals surface area contributed by atoms with Crippen LogP contribution in [-0.4, -0.2) is 52.9 Å². The predicted octanol–water partition coefficient (Wildman–Crippen LogP) is 2.01. The summed E-state index contributed by atoms with van der Waals surface area (Å²) in [5, 5.41) is 2.72. The Hall–Kier alpha value is -3.03. The van der Waals surface area contributed by atoms with Crippen LogP contribution in [0.5, 0.6) is 0 Å². The van der Waals surface area contributed by atoms with Gasteiger partial charge in [-0.3, -0.25) is 14.6 Å². The van der Waals surface area contributed by atoms with E-state index in [-0.39, 0.29) is 18.2 Å². The van der Waals surface area contributed by atoms with E-state index in [4.69, 9.17) is 0 Å². The van der Waals surface area contributed by atoms with Crippen molar-refractivity contribution in [3.8, 4) is 0 Å². The molecule has 0 bridgehead atoms. The van der Waals surface area contributed by atoms with Gasteiger partial charge in [-0.05, 0) is 37.6 Å². The van der Waals surface area contributed by atoms with Crippen LogP contribution < -0.4 is 10.2 Å². The summed E-state index contributed by atoms with van der Waals surface area (Å²) in [6, 6.07) is 4.18. The maximum absolute atomic E-state index is 13.6. The average molecular weight is 383 g/mol. The van der Waals surface area contributed by atoms with E-state index in [0.29, 0.717) is 37.4 Å². The zero-order valence-electron chi connectivity index (χ0n) is 15.9. The Kier molecular flexibility index (Phi) is 4.70. The Morgan fingerprint density at radius 3 is 2.75 bits per heavy atom. The third-order valence-corrected chi connectivity index (χ3v) is 5.32. The first-order chi connectivity index (χ1) is 13.4. The first-order valence-corrected chi connectivity index (χ1v) is 9.35. The number of carbonyl (C=O) groups is 2. The van der Waals surface area contributed by atoms with Gasteiger partial charge in [-0.2, -0.15) is 0 Å². The van der Waals surface area contributed by atoms with E-state index < -0.39 is 11.7 Å². The number of benzene rings is 1. The van der Waals surface area contributed by atoms with E-state index in [1.54, 1.807) is 11.1 Å². The zero-order chi connectivity index (χ0) is 19.8. The lowest BCUT2D eigenvalue weighted by Gasteiger charge is -2.36. The summed E-state index contributed by atoms with van der Waals surface area (Å²) in [6.07, 6.45) is 1.79. The molecule has 0 aliphatic carbocycles. The average Bonchev–Trinajstić information content (AvgIpc) is 2.98. The largest absolute Gasteiger partial charge is 0.352 e. The van der Waals surface area contributed by atoms with Gasteiger partial charge in [0.15, 0.2) is 0 Å². The number of nitrogens with zero attached hydrogens (tertiary/aromatic N) is 4. The fraction of sp³-hybridized carbons (Fsp3) is 0.400. The molecule has 0 saturated carbocycles. The van der Waals surface area contributed by atoms with Crippen LogP contribution in [0.1, 0.15) is 29.3 Å². The number of halogens is 1. The van der Waals surface area contributed by atoms with Crippen molar-refractivity contribution in [2.45, 2.75) is 26.2 Å². The van der Waals surface area contributed by atoms with E-state index in [1.165, 1.54) is 18.2 Å². The molecule has 1 fully saturated rings. The van der Waals surface area contributed by atoms with E-state index in [1.807, 2.05) is 13.8 Å². The molecular formula is C20H22FN5O2. The van der Waals surface area contributed by atoms with Crippen molar-refractivity contribution in [3.05, 3.63) is 47.2 Å². The number of hydrogen-bond donors (Lipinski definition) is 1. The lowest BCUT2D eigenvalue weighted by Crippen LogP contribution is -2.49. The molecule has 2 aliphatic rings. The van der Waals surface area contributed by atoms with Crippen molar-refractivity contribution in [1.82, 2.24) is 14.9 Å². The first-order valence-electron chi connectivity index (χ1n) is 9.35. The molecule has 146 valence electrons. The van der Waals surface area contributed by atoms with Crippen molar-refractivity contribution in [2.75, 3.05) is 36.4 Å². The number of hydrogen-bond acceptors (Lipinski definition) is 5. The summed E-state index contributed by atoms with van der Waals surface area (Å²) in [6.45, 7) is 6.26. The second kappa shape index (κ2) is 7.18. The maximum Gasteiger partial charge on any atom is 0.232 e. The van der Waals surface area contributed by atoms with Crippen LogP contribution in [-0.2, 0) is 9.59 Å². The number of amides is 2. The molecule has 0 unspecified atom stereocenters. The lowest BCUT2D eigenvalue weighted by molar-refractivity contribution is -0.133. The Labute approximate surface area is 162 Å². The molecule has 1 aromatic carbocycles. The van der Waals surface area contributed by atoms with E-state index >= 15 is 0 Å². The number of nitrogens with one attached hydrogen (secondary N) is 1. The summed E-state index contributed by atoms with van der Waals surface area (Å²) < 4.78 is 13.6. The fourth-order valence-electron chi connectivity index (χ4n) is 3.80. The van der Waals surface area contributed by atoms with Crippen molar-refractivity contribution in [1.29, 1.82) is 0 Å². The molecule has 1 atom stereocenters. The summed E-state index contributed by atoms with van der Waals surface area (Å²) in [5.74, 6) is -0.536. The summed E-state index contributed by atoms with van der Waals surface area (Å²) in [4.78, 5) is 37.8. The van der Waals surface area contributed by atoms with Crippen LogP contribution in [0.25, 0.3) is 0 Å². The maximum atomic E-state index is 13.6. The van der Waals surface area contributed by atoms with E-state index in [2.05, 4.69) is 20.2 Å². The minimum atomic E-state index is -0.638. The highest BCUT2D eigenvalue weighted by Gasteiger charge is 2.34. The number of aromatic nitrogens is 2. The molecule has 2 aliphatic heterocycles. The van der Waals surface area contributed by atoms with Gasteiger partial charge in [0.25, 0.3) is 0 Å². The molecule has 1 saturated heterocycles. The van der Waals surface area contributed by atoms with Crippen LogP contribution >= 0.6 is 0 Å². The van der Waals surface area contributed by atoms with Gasteiger partial charge >= 0.3 is 0 Å². The van der Waals surface area contributed by atoms with Crippen LogP contribution in [0, 0.1) is 19.7 Å². The second-order valence-corrected chi connectivity index (χ2v) is 7.27. The van der Waals surface area contributed by atoms with Crippen LogP contribution in [0.2, 0.25) is 0 Å². The Morgan fingerprint density at radius 1 is 1.25 bits per heavy atom. The molecule has 0 spiro atoms. The van der Waals surface area contributed by atoms with Crippen molar-refractivity contribution in [2.24, 2.45) is 0 Å². The zero-order valence-corrected chi connectivity index (χ0v) is 15.9. The SMILES string of the molecule is Cc1cnc(C)c(N2CCN(C(=O)C[C@H]3C(=O)Nc4ccc(F)cc43)CC2)n1. The monoisotopic (exact) mass is 383 g/mol. The molecule has 1 N–H and O–H groups in total. The fourth-order valence-corrected chi connectivity index (χ4v) is 3.80. The number of carbonyl (C=O) groups excluding carboxylic acids is 2. The molecule has 4 rings (SSSR count). The number of anilines is 2.